The van der Waals surface area contributed by atoms with Crippen LogP contribution in [0.25, 0.3) is 0 Å². The number of carboxylic acid groups (broad SMARTS) is 1. The van der Waals surface area contributed by atoms with Gasteiger partial charge in [-0.15, -0.1) is 0 Å². The Hall–Kier alpha value is -1.83. The number of nitrogens with one attached hydrogen (secondary N) is 1. The van der Waals surface area contributed by atoms with Crippen molar-refractivity contribution >= 4 is 27.2 Å². The Morgan fingerprint density at radius 1 is 1.50 bits per heavy atom. The quantitative estimate of drug-likeness (QED) is 0.718. The predicted molar refractivity (Wildman–Crippen MR) is 73.1 cm³/mol. The largest absolute Gasteiger partial charge is 0.478 e. The molecule has 6 nitrogen and oxygen atoms in total. The van der Waals surface area contributed by atoms with Crippen LogP contribution in [0.15, 0.2) is 12.1 Å². The third kappa shape index (κ3) is 2.84. The molecule has 2 rings (SSSR count). The minimum absolute atomic E-state index is 0.0687. The smallest absolute Gasteiger partial charge is 0.338 e. The van der Waals surface area contributed by atoms with Crippen LogP contribution in [0.3, 0.4) is 0 Å². The van der Waals surface area contributed by atoms with E-state index >= 15 is 0 Å². The van der Waals surface area contributed by atoms with Crippen LogP contribution < -0.4 is 11.1 Å². The summed E-state index contributed by atoms with van der Waals surface area (Å²) in [4.78, 5) is 10.7. The van der Waals surface area contributed by atoms with Crippen LogP contribution in [0.1, 0.15) is 23.2 Å². The highest BCUT2D eigenvalue weighted by molar-refractivity contribution is 7.92. The monoisotopic (exact) mass is 302 g/mol. The van der Waals surface area contributed by atoms with Crippen molar-refractivity contribution in [1.82, 2.24) is 0 Å². The van der Waals surface area contributed by atoms with Crippen molar-refractivity contribution in [3.63, 3.8) is 0 Å². The minimum atomic E-state index is -3.09. The average molecular weight is 302 g/mol. The SMILES string of the molecule is Nc1cc(C(=O)O)c(F)cc1NCC1CCCS1(=O)=O. The molecule has 1 atom stereocenters. The van der Waals surface area contributed by atoms with Crippen molar-refractivity contribution in [2.24, 2.45) is 0 Å². The summed E-state index contributed by atoms with van der Waals surface area (Å²) in [6.07, 6.45) is 1.18. The van der Waals surface area contributed by atoms with E-state index in [1.807, 2.05) is 0 Å². The number of nitrogens with two attached hydrogens (primary N) is 1. The number of aromatic carboxylic acids is 1. The van der Waals surface area contributed by atoms with Crippen molar-refractivity contribution in [3.8, 4) is 0 Å². The molecule has 1 fully saturated rings. The van der Waals surface area contributed by atoms with Gasteiger partial charge in [0.05, 0.1) is 27.9 Å². The molecule has 1 unspecified atom stereocenters. The maximum atomic E-state index is 13.5. The molecular formula is C12H15FN2O4S. The first-order valence-electron chi connectivity index (χ1n) is 6.09. The predicted octanol–water partition coefficient (Wildman–Crippen LogP) is 1.10. The van der Waals surface area contributed by atoms with Gasteiger partial charge in [0.15, 0.2) is 9.84 Å². The molecule has 1 aliphatic heterocycles. The van der Waals surface area contributed by atoms with Gasteiger partial charge in [0.1, 0.15) is 5.82 Å². The molecule has 0 bridgehead atoms. The lowest BCUT2D eigenvalue weighted by Gasteiger charge is -2.14. The molecule has 0 spiro atoms. The Kier molecular flexibility index (Phi) is 3.85. The van der Waals surface area contributed by atoms with Gasteiger partial charge in [-0.2, -0.15) is 0 Å². The third-order valence-corrected chi connectivity index (χ3v) is 5.63. The Morgan fingerprint density at radius 2 is 2.20 bits per heavy atom. The number of hydrogen-bond acceptors (Lipinski definition) is 5. The number of carboxylic acids is 1. The number of hydrogen-bond donors (Lipinski definition) is 3. The Bertz CT molecular complexity index is 645. The van der Waals surface area contributed by atoms with Gasteiger partial charge in [-0.05, 0) is 25.0 Å². The number of anilines is 2. The van der Waals surface area contributed by atoms with Gasteiger partial charge < -0.3 is 16.2 Å². The third-order valence-electron chi connectivity index (χ3n) is 3.35. The highest BCUT2D eigenvalue weighted by Gasteiger charge is 2.31. The van der Waals surface area contributed by atoms with Gasteiger partial charge in [0.2, 0.25) is 0 Å². The van der Waals surface area contributed by atoms with Gasteiger partial charge >= 0.3 is 5.97 Å². The molecule has 0 aliphatic carbocycles. The zero-order chi connectivity index (χ0) is 14.9. The van der Waals surface area contributed by atoms with E-state index in [4.69, 9.17) is 10.8 Å². The molecule has 1 aliphatic rings. The second-order valence-corrected chi connectivity index (χ2v) is 7.14. The molecule has 1 aromatic carbocycles. The molecule has 8 heteroatoms. The van der Waals surface area contributed by atoms with E-state index in [9.17, 15) is 17.6 Å². The highest BCUT2D eigenvalue weighted by Crippen LogP contribution is 2.25. The maximum Gasteiger partial charge on any atom is 0.338 e. The zero-order valence-electron chi connectivity index (χ0n) is 10.6. The van der Waals surface area contributed by atoms with E-state index in [1.165, 1.54) is 0 Å². The molecule has 1 heterocycles. The highest BCUT2D eigenvalue weighted by atomic mass is 32.2. The summed E-state index contributed by atoms with van der Waals surface area (Å²) in [6.45, 7) is 0.137. The molecule has 0 saturated carbocycles. The lowest BCUT2D eigenvalue weighted by atomic mass is 10.1. The standard InChI is InChI=1S/C12H15FN2O4S/c13-9-5-11(10(14)4-8(9)12(16)17)15-6-7-2-1-3-20(7,18)19/h4-5,7,15H,1-3,6,14H2,(H,16,17). The van der Waals surface area contributed by atoms with Crippen LogP contribution in [0.4, 0.5) is 15.8 Å². The molecule has 0 radical (unpaired) electrons. The second kappa shape index (κ2) is 5.28. The van der Waals surface area contributed by atoms with Crippen LogP contribution in [0.5, 0.6) is 0 Å². The summed E-state index contributed by atoms with van der Waals surface area (Å²) in [5.74, 6) is -2.15. The molecule has 110 valence electrons. The zero-order valence-corrected chi connectivity index (χ0v) is 11.4. The van der Waals surface area contributed by atoms with Crippen molar-refractivity contribution < 1.29 is 22.7 Å². The van der Waals surface area contributed by atoms with Gasteiger partial charge in [-0.25, -0.2) is 17.6 Å². The average Bonchev–Trinajstić information content (AvgIpc) is 2.68. The number of halogens is 1. The van der Waals surface area contributed by atoms with Crippen molar-refractivity contribution in [2.45, 2.75) is 18.1 Å². The topological polar surface area (TPSA) is 109 Å². The molecule has 1 aromatic rings. The van der Waals surface area contributed by atoms with E-state index in [-0.39, 0.29) is 23.7 Å². The number of benzene rings is 1. The first-order valence-corrected chi connectivity index (χ1v) is 7.80. The second-order valence-electron chi connectivity index (χ2n) is 4.74. The van der Waals surface area contributed by atoms with Gasteiger partial charge in [-0.3, -0.25) is 0 Å². The maximum absolute atomic E-state index is 13.5. The Balaban J connectivity index is 2.15. The Labute approximate surface area is 115 Å². The number of sulfone groups is 1. The number of rotatable bonds is 4. The normalized spacial score (nSPS) is 20.8. The fourth-order valence-electron chi connectivity index (χ4n) is 2.22. The van der Waals surface area contributed by atoms with Crippen molar-refractivity contribution in [1.29, 1.82) is 0 Å². The summed E-state index contributed by atoms with van der Waals surface area (Å²) >= 11 is 0. The Morgan fingerprint density at radius 3 is 2.75 bits per heavy atom. The number of carbonyl (C=O) groups is 1. The summed E-state index contributed by atoms with van der Waals surface area (Å²) in [7, 11) is -3.09. The van der Waals surface area contributed by atoms with E-state index in [0.29, 0.717) is 12.8 Å². The van der Waals surface area contributed by atoms with Crippen LogP contribution in [-0.2, 0) is 9.84 Å². The minimum Gasteiger partial charge on any atom is -0.478 e. The molecular weight excluding hydrogens is 287 g/mol. The van der Waals surface area contributed by atoms with Crippen LogP contribution >= 0.6 is 0 Å². The summed E-state index contributed by atoms with van der Waals surface area (Å²) in [5.41, 5.74) is 5.40. The molecule has 20 heavy (non-hydrogen) atoms. The van der Waals surface area contributed by atoms with E-state index < -0.39 is 32.4 Å². The molecule has 0 amide bonds. The molecule has 1 saturated heterocycles. The fraction of sp³-hybridized carbons (Fsp3) is 0.417. The molecule has 0 aromatic heterocycles. The van der Waals surface area contributed by atoms with Gasteiger partial charge in [-0.1, -0.05) is 0 Å². The first kappa shape index (κ1) is 14.6. The van der Waals surface area contributed by atoms with Crippen LogP contribution in [-0.4, -0.2) is 37.0 Å². The van der Waals surface area contributed by atoms with E-state index in [2.05, 4.69) is 5.32 Å². The fourth-order valence-corrected chi connectivity index (χ4v) is 3.98. The summed E-state index contributed by atoms with van der Waals surface area (Å²) in [5, 5.41) is 11.0. The van der Waals surface area contributed by atoms with Gasteiger partial charge in [0.25, 0.3) is 0 Å². The number of nitrogen functional groups attached to an aromatic ring is 1. The lowest BCUT2D eigenvalue weighted by Crippen LogP contribution is -2.25. The first-order chi connectivity index (χ1) is 9.31. The summed E-state index contributed by atoms with van der Waals surface area (Å²) < 4.78 is 36.8. The van der Waals surface area contributed by atoms with E-state index in [1.54, 1.807) is 0 Å². The van der Waals surface area contributed by atoms with Crippen LogP contribution in [0, 0.1) is 5.82 Å². The van der Waals surface area contributed by atoms with Crippen molar-refractivity contribution in [2.75, 3.05) is 23.3 Å². The van der Waals surface area contributed by atoms with Crippen LogP contribution in [0.2, 0.25) is 0 Å². The van der Waals surface area contributed by atoms with E-state index in [0.717, 1.165) is 12.1 Å². The summed E-state index contributed by atoms with van der Waals surface area (Å²) in [6, 6.07) is 1.99. The lowest BCUT2D eigenvalue weighted by molar-refractivity contribution is 0.0692. The van der Waals surface area contributed by atoms with Crippen molar-refractivity contribution in [3.05, 3.63) is 23.5 Å². The van der Waals surface area contributed by atoms with Gasteiger partial charge in [0, 0.05) is 6.54 Å². The molecule has 4 N–H and O–H groups in total.